The van der Waals surface area contributed by atoms with Crippen LogP contribution in [-0.4, -0.2) is 79.7 Å². The number of nitrogens with one attached hydrogen (secondary N) is 2. The summed E-state index contributed by atoms with van der Waals surface area (Å²) in [4.78, 5) is 4.23. The molecule has 148 valence electrons. The predicted molar refractivity (Wildman–Crippen MR) is 122 cm³/mol. The minimum absolute atomic E-state index is 0. The predicted octanol–water partition coefficient (Wildman–Crippen LogP) is 1.82. The highest BCUT2D eigenvalue weighted by atomic mass is 127. The van der Waals surface area contributed by atoms with Crippen LogP contribution in [0, 0.1) is 0 Å². The highest BCUT2D eigenvalue weighted by molar-refractivity contribution is 14.0. The van der Waals surface area contributed by atoms with E-state index in [4.69, 9.17) is 0 Å². The Morgan fingerprint density at radius 1 is 1.32 bits per heavy atom. The van der Waals surface area contributed by atoms with E-state index < -0.39 is 10.0 Å². The lowest BCUT2D eigenvalue weighted by Gasteiger charge is -2.26. The Morgan fingerprint density at radius 2 is 2.04 bits per heavy atom. The molecule has 1 saturated carbocycles. The third-order valence-corrected chi connectivity index (χ3v) is 8.41. The minimum Gasteiger partial charge on any atom is -0.355 e. The SMILES string of the molecule is CCSC1CCC(NC(=NC)NCCS(=O)(=O)N2CCSCC2)C1.I. The van der Waals surface area contributed by atoms with Gasteiger partial charge in [0.1, 0.15) is 0 Å². The van der Waals surface area contributed by atoms with E-state index in [0.717, 1.165) is 35.4 Å². The molecule has 10 heteroatoms. The number of sulfonamides is 1. The molecule has 1 heterocycles. The van der Waals surface area contributed by atoms with Crippen molar-refractivity contribution >= 4 is 63.5 Å². The number of halogens is 1. The first-order chi connectivity index (χ1) is 11.5. The smallest absolute Gasteiger partial charge is 0.215 e. The molecule has 1 aliphatic heterocycles. The molecule has 0 aromatic rings. The molecule has 2 N–H and O–H groups in total. The number of aliphatic imine (C=N–C) groups is 1. The van der Waals surface area contributed by atoms with Gasteiger partial charge in [0, 0.05) is 49.5 Å². The average molecular weight is 523 g/mol. The Bertz CT molecular complexity index is 513. The number of rotatable bonds is 7. The van der Waals surface area contributed by atoms with Gasteiger partial charge in [-0.1, -0.05) is 6.92 Å². The van der Waals surface area contributed by atoms with Gasteiger partial charge in [-0.05, 0) is 25.0 Å². The molecule has 2 aliphatic rings. The monoisotopic (exact) mass is 522 g/mol. The minimum atomic E-state index is -3.16. The molecule has 25 heavy (non-hydrogen) atoms. The first kappa shape index (κ1) is 23.6. The summed E-state index contributed by atoms with van der Waals surface area (Å²) in [5.74, 6) is 3.80. The number of thioether (sulfide) groups is 2. The zero-order chi connectivity index (χ0) is 17.4. The van der Waals surface area contributed by atoms with Crippen LogP contribution in [0.3, 0.4) is 0 Å². The molecule has 1 aliphatic carbocycles. The van der Waals surface area contributed by atoms with Crippen molar-refractivity contribution in [2.45, 2.75) is 37.5 Å². The van der Waals surface area contributed by atoms with Gasteiger partial charge in [-0.25, -0.2) is 12.7 Å². The zero-order valence-electron chi connectivity index (χ0n) is 15.1. The summed E-state index contributed by atoms with van der Waals surface area (Å²) in [6.45, 7) is 3.87. The van der Waals surface area contributed by atoms with Crippen molar-refractivity contribution < 1.29 is 8.42 Å². The van der Waals surface area contributed by atoms with Crippen LogP contribution in [0.1, 0.15) is 26.2 Å². The van der Waals surface area contributed by atoms with Crippen molar-refractivity contribution in [3.05, 3.63) is 0 Å². The Balaban J connectivity index is 0.00000312. The zero-order valence-corrected chi connectivity index (χ0v) is 19.8. The van der Waals surface area contributed by atoms with Gasteiger partial charge < -0.3 is 10.6 Å². The lowest BCUT2D eigenvalue weighted by Crippen LogP contribution is -2.46. The Morgan fingerprint density at radius 3 is 2.68 bits per heavy atom. The van der Waals surface area contributed by atoms with Crippen LogP contribution in [0.2, 0.25) is 0 Å². The average Bonchev–Trinajstić information content (AvgIpc) is 3.02. The normalized spacial score (nSPS) is 25.4. The van der Waals surface area contributed by atoms with E-state index in [1.807, 2.05) is 23.5 Å². The van der Waals surface area contributed by atoms with Crippen LogP contribution >= 0.6 is 47.5 Å². The van der Waals surface area contributed by atoms with Gasteiger partial charge in [-0.15, -0.1) is 24.0 Å². The van der Waals surface area contributed by atoms with Crippen molar-refractivity contribution in [1.29, 1.82) is 0 Å². The fourth-order valence-electron chi connectivity index (χ4n) is 3.10. The van der Waals surface area contributed by atoms with Crippen molar-refractivity contribution in [3.8, 4) is 0 Å². The highest BCUT2D eigenvalue weighted by Gasteiger charge is 2.26. The summed E-state index contributed by atoms with van der Waals surface area (Å²) in [6, 6.07) is 0.441. The van der Waals surface area contributed by atoms with Crippen LogP contribution in [-0.2, 0) is 10.0 Å². The molecule has 0 aromatic heterocycles. The van der Waals surface area contributed by atoms with Crippen molar-refractivity contribution in [3.63, 3.8) is 0 Å². The molecule has 2 atom stereocenters. The second-order valence-electron chi connectivity index (χ2n) is 6.06. The van der Waals surface area contributed by atoms with Gasteiger partial charge in [-0.3, -0.25) is 4.99 Å². The maximum atomic E-state index is 12.3. The van der Waals surface area contributed by atoms with E-state index >= 15 is 0 Å². The molecule has 0 bridgehead atoms. The van der Waals surface area contributed by atoms with Gasteiger partial charge in [0.05, 0.1) is 5.75 Å². The summed E-state index contributed by atoms with van der Waals surface area (Å²) >= 11 is 3.84. The lowest BCUT2D eigenvalue weighted by molar-refractivity contribution is 0.443. The van der Waals surface area contributed by atoms with Crippen LogP contribution in [0.15, 0.2) is 4.99 Å². The van der Waals surface area contributed by atoms with Crippen LogP contribution < -0.4 is 10.6 Å². The number of guanidine groups is 1. The molecule has 1 saturated heterocycles. The first-order valence-corrected chi connectivity index (χ1v) is 12.5. The molecule has 0 spiro atoms. The van der Waals surface area contributed by atoms with Gasteiger partial charge in [-0.2, -0.15) is 23.5 Å². The third kappa shape index (κ3) is 8.02. The second kappa shape index (κ2) is 12.1. The molecule has 2 fully saturated rings. The van der Waals surface area contributed by atoms with Crippen molar-refractivity contribution in [2.24, 2.45) is 4.99 Å². The number of hydrogen-bond donors (Lipinski definition) is 2. The molecule has 2 unspecified atom stereocenters. The van der Waals surface area contributed by atoms with E-state index in [2.05, 4.69) is 22.5 Å². The second-order valence-corrected chi connectivity index (χ2v) is 10.9. The largest absolute Gasteiger partial charge is 0.355 e. The van der Waals surface area contributed by atoms with Gasteiger partial charge >= 0.3 is 0 Å². The van der Waals surface area contributed by atoms with Gasteiger partial charge in [0.25, 0.3) is 0 Å². The van der Waals surface area contributed by atoms with E-state index in [9.17, 15) is 8.42 Å². The fraction of sp³-hybridized carbons (Fsp3) is 0.933. The molecule has 6 nitrogen and oxygen atoms in total. The van der Waals surface area contributed by atoms with Crippen LogP contribution in [0.25, 0.3) is 0 Å². The lowest BCUT2D eigenvalue weighted by atomic mass is 10.2. The summed E-state index contributed by atoms with van der Waals surface area (Å²) in [5.41, 5.74) is 0. The molecule has 0 amide bonds. The van der Waals surface area contributed by atoms with Gasteiger partial charge in [0.15, 0.2) is 5.96 Å². The number of nitrogens with zero attached hydrogens (tertiary/aromatic N) is 2. The highest BCUT2D eigenvalue weighted by Crippen LogP contribution is 2.29. The van der Waals surface area contributed by atoms with E-state index in [-0.39, 0.29) is 29.7 Å². The summed E-state index contributed by atoms with van der Waals surface area (Å²) in [7, 11) is -1.42. The quantitative estimate of drug-likeness (QED) is 0.302. The Kier molecular flexibility index (Phi) is 11.5. The first-order valence-electron chi connectivity index (χ1n) is 8.69. The molecule has 2 rings (SSSR count). The Hall–Kier alpha value is 0.610. The standard InChI is InChI=1S/C15H30N4O2S3.HI/c1-3-23-14-5-4-13(12-14)18-15(16-2)17-6-11-24(20,21)19-7-9-22-10-8-19;/h13-14H,3-12H2,1-2H3,(H2,16,17,18);1H. The Labute approximate surface area is 178 Å². The fourth-order valence-corrected chi connectivity index (χ4v) is 6.73. The van der Waals surface area contributed by atoms with Crippen molar-refractivity contribution in [2.75, 3.05) is 49.7 Å². The molecule has 0 radical (unpaired) electrons. The maximum absolute atomic E-state index is 12.3. The topological polar surface area (TPSA) is 73.8 Å². The van der Waals surface area contributed by atoms with E-state index in [1.165, 1.54) is 6.42 Å². The van der Waals surface area contributed by atoms with Crippen LogP contribution in [0.5, 0.6) is 0 Å². The molecular weight excluding hydrogens is 491 g/mol. The van der Waals surface area contributed by atoms with E-state index in [1.54, 1.807) is 11.4 Å². The van der Waals surface area contributed by atoms with Gasteiger partial charge in [0.2, 0.25) is 10.0 Å². The van der Waals surface area contributed by atoms with Crippen LogP contribution in [0.4, 0.5) is 0 Å². The maximum Gasteiger partial charge on any atom is 0.215 e. The molecular formula is C15H31IN4O2S3. The summed E-state index contributed by atoms with van der Waals surface area (Å²) in [6.07, 6.45) is 3.56. The summed E-state index contributed by atoms with van der Waals surface area (Å²) < 4.78 is 26.3. The third-order valence-electron chi connectivity index (χ3n) is 4.37. The number of hydrogen-bond acceptors (Lipinski definition) is 5. The van der Waals surface area contributed by atoms with E-state index in [0.29, 0.717) is 31.6 Å². The van der Waals surface area contributed by atoms with Crippen molar-refractivity contribution in [1.82, 2.24) is 14.9 Å². The molecule has 0 aromatic carbocycles. The summed E-state index contributed by atoms with van der Waals surface area (Å²) in [5, 5.41) is 7.33.